The predicted molar refractivity (Wildman–Crippen MR) is 98.2 cm³/mol. The van der Waals surface area contributed by atoms with Crippen molar-refractivity contribution in [2.24, 2.45) is 0 Å². The molecule has 0 aromatic heterocycles. The highest BCUT2D eigenvalue weighted by Crippen LogP contribution is 2.20. The Hall–Kier alpha value is -2.17. The lowest BCUT2D eigenvalue weighted by Gasteiger charge is -2.16. The zero-order chi connectivity index (χ0) is 17.6. The number of rotatable bonds is 6. The minimum absolute atomic E-state index is 0.0772. The highest BCUT2D eigenvalue weighted by Gasteiger charge is 2.34. The minimum Gasteiger partial charge on any atom is -0.388 e. The molecule has 0 radical (unpaired) electrons. The van der Waals surface area contributed by atoms with Crippen LogP contribution < -0.4 is 0 Å². The third-order valence-corrected chi connectivity index (χ3v) is 4.66. The van der Waals surface area contributed by atoms with Crippen LogP contribution in [0.4, 0.5) is 0 Å². The van der Waals surface area contributed by atoms with Gasteiger partial charge in [0, 0.05) is 26.1 Å². The Morgan fingerprint density at radius 3 is 2.44 bits per heavy atom. The van der Waals surface area contributed by atoms with Crippen LogP contribution in [0.5, 0.6) is 0 Å². The Labute approximate surface area is 149 Å². The van der Waals surface area contributed by atoms with Crippen LogP contribution in [0, 0.1) is 0 Å². The van der Waals surface area contributed by atoms with Crippen LogP contribution in [-0.2, 0) is 16.0 Å². The maximum Gasteiger partial charge on any atom is 0.223 e. The second-order valence-corrected chi connectivity index (χ2v) is 6.42. The largest absolute Gasteiger partial charge is 0.388 e. The number of carbonyl (C=O) groups is 1. The van der Waals surface area contributed by atoms with E-state index in [1.54, 1.807) is 4.90 Å². The Morgan fingerprint density at radius 1 is 1.08 bits per heavy atom. The monoisotopic (exact) mass is 339 g/mol. The molecule has 1 aliphatic rings. The van der Waals surface area contributed by atoms with E-state index in [-0.39, 0.29) is 12.0 Å². The molecule has 0 aliphatic carbocycles. The van der Waals surface area contributed by atoms with Gasteiger partial charge < -0.3 is 14.7 Å². The summed E-state index contributed by atoms with van der Waals surface area (Å²) in [6.45, 7) is 3.31. The summed E-state index contributed by atoms with van der Waals surface area (Å²) in [5.74, 6) is 0.0772. The van der Waals surface area contributed by atoms with Crippen LogP contribution >= 0.6 is 0 Å². The van der Waals surface area contributed by atoms with Gasteiger partial charge >= 0.3 is 0 Å². The van der Waals surface area contributed by atoms with Crippen molar-refractivity contribution in [3.05, 3.63) is 60.2 Å². The number of nitrogens with zero attached hydrogens (tertiary/aromatic N) is 1. The molecule has 4 heteroatoms. The van der Waals surface area contributed by atoms with Crippen molar-refractivity contribution in [2.45, 2.75) is 32.0 Å². The number of amides is 1. The normalized spacial score (nSPS) is 20.0. The quantitative estimate of drug-likeness (QED) is 0.880. The molecule has 1 amide bonds. The topological polar surface area (TPSA) is 49.8 Å². The van der Waals surface area contributed by atoms with Crippen molar-refractivity contribution in [3.63, 3.8) is 0 Å². The Morgan fingerprint density at radius 2 is 1.76 bits per heavy atom. The van der Waals surface area contributed by atoms with Crippen LogP contribution in [0.25, 0.3) is 11.1 Å². The second-order valence-electron chi connectivity index (χ2n) is 6.42. The molecule has 2 aromatic carbocycles. The van der Waals surface area contributed by atoms with Crippen molar-refractivity contribution in [1.82, 2.24) is 4.90 Å². The summed E-state index contributed by atoms with van der Waals surface area (Å²) in [6, 6.07) is 18.6. The molecule has 0 saturated carbocycles. The molecule has 4 nitrogen and oxygen atoms in total. The van der Waals surface area contributed by atoms with Gasteiger partial charge in [0.2, 0.25) is 5.91 Å². The Kier molecular flexibility index (Phi) is 5.84. The number of β-amino-alcohol motifs (C(OH)–C–C–N with tert-alkyl or cyclic N) is 1. The molecule has 25 heavy (non-hydrogen) atoms. The van der Waals surface area contributed by atoms with E-state index >= 15 is 0 Å². The van der Waals surface area contributed by atoms with Crippen molar-refractivity contribution < 1.29 is 14.6 Å². The average Bonchev–Trinajstić information content (AvgIpc) is 3.02. The lowest BCUT2D eigenvalue weighted by atomic mass is 10.0. The fourth-order valence-electron chi connectivity index (χ4n) is 3.24. The van der Waals surface area contributed by atoms with E-state index in [4.69, 9.17) is 4.74 Å². The average molecular weight is 339 g/mol. The van der Waals surface area contributed by atoms with Crippen molar-refractivity contribution in [1.29, 1.82) is 0 Å². The lowest BCUT2D eigenvalue weighted by molar-refractivity contribution is -0.130. The number of hydrogen-bond acceptors (Lipinski definition) is 3. The standard InChI is InChI=1S/C21H25NO3/c1-2-25-20-15-22(14-19(20)23)21(24)13-10-16-8-11-18(12-9-16)17-6-4-3-5-7-17/h3-9,11-12,19-20,23H,2,10,13-15H2,1H3/t19-,20-/m1/s1. The summed E-state index contributed by atoms with van der Waals surface area (Å²) in [5.41, 5.74) is 3.52. The maximum absolute atomic E-state index is 12.4. The van der Waals surface area contributed by atoms with Gasteiger partial charge in [0.25, 0.3) is 0 Å². The molecule has 1 fully saturated rings. The summed E-state index contributed by atoms with van der Waals surface area (Å²) in [7, 11) is 0. The lowest BCUT2D eigenvalue weighted by Crippen LogP contribution is -2.30. The number of aliphatic hydroxyl groups is 1. The molecule has 1 saturated heterocycles. The first-order valence-electron chi connectivity index (χ1n) is 8.89. The number of aliphatic hydroxyl groups excluding tert-OH is 1. The fourth-order valence-corrected chi connectivity index (χ4v) is 3.24. The molecule has 0 bridgehead atoms. The molecule has 2 atom stereocenters. The van der Waals surface area contributed by atoms with E-state index in [1.807, 2.05) is 25.1 Å². The molecular formula is C21H25NO3. The number of hydrogen-bond donors (Lipinski definition) is 1. The number of likely N-dealkylation sites (tertiary alicyclic amines) is 1. The summed E-state index contributed by atoms with van der Waals surface area (Å²) in [5, 5.41) is 9.94. The summed E-state index contributed by atoms with van der Waals surface area (Å²) in [6.07, 6.45) is 0.337. The number of benzene rings is 2. The zero-order valence-corrected chi connectivity index (χ0v) is 14.6. The molecule has 0 unspecified atom stereocenters. The van der Waals surface area contributed by atoms with Gasteiger partial charge in [0.05, 0.1) is 6.10 Å². The molecular weight excluding hydrogens is 314 g/mol. The van der Waals surface area contributed by atoms with E-state index in [1.165, 1.54) is 11.1 Å². The predicted octanol–water partition coefficient (Wildman–Crippen LogP) is 2.89. The first kappa shape index (κ1) is 17.6. The van der Waals surface area contributed by atoms with Crippen LogP contribution in [-0.4, -0.2) is 47.8 Å². The first-order valence-corrected chi connectivity index (χ1v) is 8.89. The van der Waals surface area contributed by atoms with Crippen LogP contribution in [0.15, 0.2) is 54.6 Å². The zero-order valence-electron chi connectivity index (χ0n) is 14.6. The van der Waals surface area contributed by atoms with Gasteiger partial charge in [-0.1, -0.05) is 54.6 Å². The van der Waals surface area contributed by atoms with Gasteiger partial charge in [0.1, 0.15) is 6.10 Å². The molecule has 2 aromatic rings. The first-order chi connectivity index (χ1) is 12.2. The third-order valence-electron chi connectivity index (χ3n) is 4.66. The highest BCUT2D eigenvalue weighted by atomic mass is 16.5. The van der Waals surface area contributed by atoms with Gasteiger partial charge in [-0.2, -0.15) is 0 Å². The highest BCUT2D eigenvalue weighted by molar-refractivity contribution is 5.77. The van der Waals surface area contributed by atoms with Crippen molar-refractivity contribution in [3.8, 4) is 11.1 Å². The SMILES string of the molecule is CCO[C@@H]1CN(C(=O)CCc2ccc(-c3ccccc3)cc2)C[C@H]1O. The molecule has 0 spiro atoms. The van der Waals surface area contributed by atoms with Gasteiger partial charge in [-0.3, -0.25) is 4.79 Å². The number of carbonyl (C=O) groups excluding carboxylic acids is 1. The van der Waals surface area contributed by atoms with E-state index in [2.05, 4.69) is 36.4 Å². The second kappa shape index (κ2) is 8.28. The third kappa shape index (κ3) is 4.47. The van der Waals surface area contributed by atoms with E-state index in [0.29, 0.717) is 32.5 Å². The van der Waals surface area contributed by atoms with Crippen LogP contribution in [0.1, 0.15) is 18.9 Å². The summed E-state index contributed by atoms with van der Waals surface area (Å²) in [4.78, 5) is 14.1. The number of aryl methyl sites for hydroxylation is 1. The van der Waals surface area contributed by atoms with E-state index in [9.17, 15) is 9.90 Å². The smallest absolute Gasteiger partial charge is 0.223 e. The van der Waals surface area contributed by atoms with Gasteiger partial charge in [0.15, 0.2) is 0 Å². The molecule has 1 heterocycles. The maximum atomic E-state index is 12.4. The summed E-state index contributed by atoms with van der Waals surface area (Å²) >= 11 is 0. The van der Waals surface area contributed by atoms with E-state index < -0.39 is 6.10 Å². The van der Waals surface area contributed by atoms with Crippen LogP contribution in [0.3, 0.4) is 0 Å². The molecule has 1 aliphatic heterocycles. The summed E-state index contributed by atoms with van der Waals surface area (Å²) < 4.78 is 5.47. The van der Waals surface area contributed by atoms with Gasteiger partial charge in [-0.15, -0.1) is 0 Å². The fraction of sp³-hybridized carbons (Fsp3) is 0.381. The minimum atomic E-state index is -0.575. The van der Waals surface area contributed by atoms with Crippen molar-refractivity contribution in [2.75, 3.05) is 19.7 Å². The van der Waals surface area contributed by atoms with E-state index in [0.717, 1.165) is 5.56 Å². The molecule has 1 N–H and O–H groups in total. The Bertz CT molecular complexity index is 684. The van der Waals surface area contributed by atoms with Gasteiger partial charge in [-0.05, 0) is 30.0 Å². The van der Waals surface area contributed by atoms with Crippen LogP contribution in [0.2, 0.25) is 0 Å². The number of ether oxygens (including phenoxy) is 1. The molecule has 3 rings (SSSR count). The molecule has 132 valence electrons. The van der Waals surface area contributed by atoms with Gasteiger partial charge in [-0.25, -0.2) is 0 Å². The van der Waals surface area contributed by atoms with Crippen molar-refractivity contribution >= 4 is 5.91 Å². The Balaban J connectivity index is 1.53.